The van der Waals surface area contributed by atoms with E-state index in [0.29, 0.717) is 6.54 Å². The van der Waals surface area contributed by atoms with Crippen LogP contribution in [0.15, 0.2) is 12.2 Å². The summed E-state index contributed by atoms with van der Waals surface area (Å²) in [5.74, 6) is 0. The highest BCUT2D eigenvalue weighted by Gasteiger charge is 2.47. The zero-order chi connectivity index (χ0) is 12.4. The SMILES string of the molecule is O=C1NCC=CCN1[C@@H]1O[C@H](CO)[C@@H](O)[C@H]1F. The van der Waals surface area contributed by atoms with Crippen molar-refractivity contribution in [3.8, 4) is 0 Å². The van der Waals surface area contributed by atoms with E-state index in [1.54, 1.807) is 12.2 Å². The summed E-state index contributed by atoms with van der Waals surface area (Å²) < 4.78 is 18.9. The molecule has 0 aromatic heterocycles. The number of nitrogens with one attached hydrogen (secondary N) is 1. The Kier molecular flexibility index (Phi) is 3.60. The van der Waals surface area contributed by atoms with E-state index in [1.165, 1.54) is 0 Å². The van der Waals surface area contributed by atoms with Crippen molar-refractivity contribution in [2.45, 2.75) is 24.6 Å². The lowest BCUT2D eigenvalue weighted by Crippen LogP contribution is -2.49. The number of ether oxygens (including phenoxy) is 1. The van der Waals surface area contributed by atoms with Gasteiger partial charge in [-0.1, -0.05) is 12.2 Å². The Bertz CT molecular complexity index is 325. The number of alkyl halides is 1. The van der Waals surface area contributed by atoms with Gasteiger partial charge in [-0.25, -0.2) is 9.18 Å². The van der Waals surface area contributed by atoms with Crippen LogP contribution in [0, 0.1) is 0 Å². The van der Waals surface area contributed by atoms with Crippen molar-refractivity contribution in [3.05, 3.63) is 12.2 Å². The van der Waals surface area contributed by atoms with Gasteiger partial charge in [-0.2, -0.15) is 0 Å². The van der Waals surface area contributed by atoms with Crippen LogP contribution in [-0.4, -0.2) is 65.4 Å². The predicted octanol–water partition coefficient (Wildman–Crippen LogP) is -1.02. The van der Waals surface area contributed by atoms with Crippen LogP contribution in [0.3, 0.4) is 0 Å². The highest BCUT2D eigenvalue weighted by molar-refractivity contribution is 5.75. The summed E-state index contributed by atoms with van der Waals surface area (Å²) >= 11 is 0. The van der Waals surface area contributed by atoms with Gasteiger partial charge < -0.3 is 20.3 Å². The van der Waals surface area contributed by atoms with Crippen LogP contribution in [0.2, 0.25) is 0 Å². The van der Waals surface area contributed by atoms with Crippen LogP contribution in [0.25, 0.3) is 0 Å². The Labute approximate surface area is 97.7 Å². The maximum atomic E-state index is 13.8. The van der Waals surface area contributed by atoms with Crippen molar-refractivity contribution in [2.75, 3.05) is 19.7 Å². The summed E-state index contributed by atoms with van der Waals surface area (Å²) in [7, 11) is 0. The Morgan fingerprint density at radius 1 is 1.59 bits per heavy atom. The highest BCUT2D eigenvalue weighted by atomic mass is 19.1. The summed E-state index contributed by atoms with van der Waals surface area (Å²) in [5, 5.41) is 20.9. The lowest BCUT2D eigenvalue weighted by Gasteiger charge is -2.27. The highest BCUT2D eigenvalue weighted by Crippen LogP contribution is 2.26. The topological polar surface area (TPSA) is 82.0 Å². The fourth-order valence-electron chi connectivity index (χ4n) is 1.93. The van der Waals surface area contributed by atoms with Gasteiger partial charge in [-0.15, -0.1) is 0 Å². The number of urea groups is 1. The van der Waals surface area contributed by atoms with Crippen molar-refractivity contribution in [3.63, 3.8) is 0 Å². The van der Waals surface area contributed by atoms with Gasteiger partial charge in [0.15, 0.2) is 12.4 Å². The van der Waals surface area contributed by atoms with E-state index in [4.69, 9.17) is 9.84 Å². The van der Waals surface area contributed by atoms with Crippen LogP contribution in [0.1, 0.15) is 0 Å². The first-order valence-electron chi connectivity index (χ1n) is 5.43. The molecule has 0 saturated carbocycles. The normalized spacial score (nSPS) is 38.1. The molecule has 2 aliphatic heterocycles. The average Bonchev–Trinajstić information content (AvgIpc) is 2.51. The number of aliphatic hydroxyl groups is 2. The number of halogens is 1. The number of aliphatic hydroxyl groups excluding tert-OH is 2. The monoisotopic (exact) mass is 246 g/mol. The second-order valence-corrected chi connectivity index (χ2v) is 3.99. The molecule has 0 radical (unpaired) electrons. The van der Waals surface area contributed by atoms with Gasteiger partial charge >= 0.3 is 6.03 Å². The van der Waals surface area contributed by atoms with Gasteiger partial charge in [0.25, 0.3) is 0 Å². The smallest absolute Gasteiger partial charge is 0.320 e. The molecule has 2 rings (SSSR count). The van der Waals surface area contributed by atoms with Crippen molar-refractivity contribution in [1.82, 2.24) is 10.2 Å². The van der Waals surface area contributed by atoms with Crippen LogP contribution >= 0.6 is 0 Å². The summed E-state index contributed by atoms with van der Waals surface area (Å²) in [6, 6.07) is -0.451. The fourth-order valence-corrected chi connectivity index (χ4v) is 1.93. The number of hydrogen-bond donors (Lipinski definition) is 3. The third-order valence-corrected chi connectivity index (χ3v) is 2.88. The maximum absolute atomic E-state index is 13.8. The molecule has 0 aromatic carbocycles. The van der Waals surface area contributed by atoms with Crippen LogP contribution in [0.5, 0.6) is 0 Å². The minimum absolute atomic E-state index is 0.210. The molecule has 0 aliphatic carbocycles. The minimum atomic E-state index is -1.72. The average molecular weight is 246 g/mol. The molecule has 96 valence electrons. The second kappa shape index (κ2) is 4.99. The molecule has 0 unspecified atom stereocenters. The Hall–Kier alpha value is -1.18. The first-order chi connectivity index (χ1) is 8.15. The Morgan fingerprint density at radius 2 is 2.35 bits per heavy atom. The van der Waals surface area contributed by atoms with Gasteiger partial charge in [-0.3, -0.25) is 4.90 Å². The summed E-state index contributed by atoms with van der Waals surface area (Å²) in [4.78, 5) is 12.8. The van der Waals surface area contributed by atoms with Crippen LogP contribution in [0.4, 0.5) is 9.18 Å². The molecule has 3 N–H and O–H groups in total. The van der Waals surface area contributed by atoms with E-state index in [0.717, 1.165) is 4.90 Å². The first-order valence-corrected chi connectivity index (χ1v) is 5.43. The summed E-state index contributed by atoms with van der Waals surface area (Å²) in [6.45, 7) is 0.107. The number of carbonyl (C=O) groups excluding carboxylic acids is 1. The fraction of sp³-hybridized carbons (Fsp3) is 0.700. The zero-order valence-corrected chi connectivity index (χ0v) is 9.12. The molecule has 2 aliphatic rings. The second-order valence-electron chi connectivity index (χ2n) is 3.99. The van der Waals surface area contributed by atoms with Crippen molar-refractivity contribution in [2.24, 2.45) is 0 Å². The molecule has 0 bridgehead atoms. The Balaban J connectivity index is 2.11. The van der Waals surface area contributed by atoms with Crippen LogP contribution in [-0.2, 0) is 4.74 Å². The van der Waals surface area contributed by atoms with Gasteiger partial charge in [0.05, 0.1) is 6.61 Å². The van der Waals surface area contributed by atoms with Crippen molar-refractivity contribution < 1.29 is 24.1 Å². The molecule has 4 atom stereocenters. The predicted molar refractivity (Wildman–Crippen MR) is 55.9 cm³/mol. The van der Waals surface area contributed by atoms with E-state index in [2.05, 4.69) is 5.32 Å². The van der Waals surface area contributed by atoms with Crippen LogP contribution < -0.4 is 5.32 Å². The zero-order valence-electron chi connectivity index (χ0n) is 9.12. The molecular weight excluding hydrogens is 231 g/mol. The van der Waals surface area contributed by atoms with E-state index in [1.807, 2.05) is 0 Å². The number of carbonyl (C=O) groups is 1. The number of rotatable bonds is 2. The molecule has 0 spiro atoms. The largest absolute Gasteiger partial charge is 0.394 e. The molecule has 2 amide bonds. The first kappa shape index (κ1) is 12.3. The molecule has 17 heavy (non-hydrogen) atoms. The molecule has 2 heterocycles. The summed E-state index contributed by atoms with van der Waals surface area (Å²) in [6.07, 6.45) is -1.82. The molecule has 1 fully saturated rings. The van der Waals surface area contributed by atoms with Gasteiger partial charge in [0.2, 0.25) is 0 Å². The summed E-state index contributed by atoms with van der Waals surface area (Å²) in [5.41, 5.74) is 0. The molecular formula is C10H15FN2O4. The minimum Gasteiger partial charge on any atom is -0.394 e. The molecule has 6 nitrogen and oxygen atoms in total. The third kappa shape index (κ3) is 2.26. The molecule has 0 aromatic rings. The number of amides is 2. The van der Waals surface area contributed by atoms with Gasteiger partial charge in [-0.05, 0) is 0 Å². The molecule has 1 saturated heterocycles. The van der Waals surface area contributed by atoms with Gasteiger partial charge in [0, 0.05) is 13.1 Å². The lowest BCUT2D eigenvalue weighted by molar-refractivity contribution is -0.0672. The standard InChI is InChI=1S/C10H15FN2O4/c11-7-8(15)6(5-14)17-9(7)13-4-2-1-3-12-10(13)16/h1-2,6-9,14-15H,3-5H2,(H,12,16)/t6-,7-,8-,9-/m1/s1. The lowest BCUT2D eigenvalue weighted by atomic mass is 10.1. The maximum Gasteiger partial charge on any atom is 0.320 e. The van der Waals surface area contributed by atoms with Gasteiger partial charge in [0.1, 0.15) is 12.2 Å². The third-order valence-electron chi connectivity index (χ3n) is 2.88. The number of nitrogens with zero attached hydrogens (tertiary/aromatic N) is 1. The molecule has 7 heteroatoms. The van der Waals surface area contributed by atoms with E-state index < -0.39 is 37.2 Å². The van der Waals surface area contributed by atoms with E-state index in [-0.39, 0.29) is 6.54 Å². The Morgan fingerprint density at radius 3 is 3.00 bits per heavy atom. The van der Waals surface area contributed by atoms with Crippen molar-refractivity contribution >= 4 is 6.03 Å². The van der Waals surface area contributed by atoms with Crippen molar-refractivity contribution in [1.29, 1.82) is 0 Å². The quantitative estimate of drug-likeness (QED) is 0.545. The number of hydrogen-bond acceptors (Lipinski definition) is 4. The van der Waals surface area contributed by atoms with E-state index in [9.17, 15) is 14.3 Å². The van der Waals surface area contributed by atoms with E-state index >= 15 is 0 Å².